The summed E-state index contributed by atoms with van der Waals surface area (Å²) in [5.41, 5.74) is 4.43. The minimum atomic E-state index is 0.770. The molecule has 1 aromatic carbocycles. The van der Waals surface area contributed by atoms with Crippen LogP contribution in [0.3, 0.4) is 0 Å². The number of hydrogen-bond acceptors (Lipinski definition) is 2. The number of aryl methyl sites for hydroxylation is 2. The summed E-state index contributed by atoms with van der Waals surface area (Å²) in [6.45, 7) is 6.77. The molecule has 0 atom stereocenters. The molecule has 0 spiro atoms. The van der Waals surface area contributed by atoms with Gasteiger partial charge in [0.1, 0.15) is 0 Å². The molecular formula is C15H19NS. The van der Waals surface area contributed by atoms with Crippen molar-refractivity contribution in [1.82, 2.24) is 5.32 Å². The third kappa shape index (κ3) is 2.00. The quantitative estimate of drug-likeness (QED) is 0.801. The third-order valence-corrected chi connectivity index (χ3v) is 4.96. The minimum absolute atomic E-state index is 0.770. The summed E-state index contributed by atoms with van der Waals surface area (Å²) in [6, 6.07) is 4.73. The molecule has 0 aliphatic carbocycles. The zero-order chi connectivity index (χ0) is 11.8. The molecule has 2 heteroatoms. The second kappa shape index (κ2) is 4.43. The van der Waals surface area contributed by atoms with Crippen molar-refractivity contribution in [2.24, 2.45) is 0 Å². The zero-order valence-corrected chi connectivity index (χ0v) is 11.4. The molecule has 2 aromatic rings. The van der Waals surface area contributed by atoms with Crippen LogP contribution in [0.4, 0.5) is 0 Å². The van der Waals surface area contributed by atoms with E-state index in [-0.39, 0.29) is 0 Å². The van der Waals surface area contributed by atoms with Gasteiger partial charge < -0.3 is 5.32 Å². The summed E-state index contributed by atoms with van der Waals surface area (Å²) < 4.78 is 1.46. The molecular weight excluding hydrogens is 226 g/mol. The Morgan fingerprint density at radius 2 is 1.82 bits per heavy atom. The van der Waals surface area contributed by atoms with Crippen molar-refractivity contribution in [3.05, 3.63) is 34.2 Å². The van der Waals surface area contributed by atoms with E-state index < -0.39 is 0 Å². The van der Waals surface area contributed by atoms with Crippen LogP contribution >= 0.6 is 11.3 Å². The number of piperidine rings is 1. The van der Waals surface area contributed by atoms with Gasteiger partial charge in [-0.25, -0.2) is 0 Å². The van der Waals surface area contributed by atoms with Crippen LogP contribution in [0.25, 0.3) is 10.1 Å². The number of hydrogen-bond donors (Lipinski definition) is 1. The average molecular weight is 245 g/mol. The first-order valence-corrected chi connectivity index (χ1v) is 7.33. The minimum Gasteiger partial charge on any atom is -0.317 e. The predicted octanol–water partition coefficient (Wildman–Crippen LogP) is 3.99. The second-order valence-corrected chi connectivity index (χ2v) is 6.06. The highest BCUT2D eigenvalue weighted by molar-refractivity contribution is 7.17. The number of rotatable bonds is 1. The smallest absolute Gasteiger partial charge is 0.0348 e. The molecule has 17 heavy (non-hydrogen) atoms. The van der Waals surface area contributed by atoms with Gasteiger partial charge in [-0.05, 0) is 79.2 Å². The Morgan fingerprint density at radius 1 is 1.12 bits per heavy atom. The lowest BCUT2D eigenvalue weighted by Gasteiger charge is -2.22. The van der Waals surface area contributed by atoms with Gasteiger partial charge in [0.05, 0.1) is 0 Å². The van der Waals surface area contributed by atoms with E-state index in [1.807, 2.05) is 11.3 Å². The highest BCUT2D eigenvalue weighted by atomic mass is 32.1. The fraction of sp³-hybridized carbons (Fsp3) is 0.467. The molecule has 90 valence electrons. The highest BCUT2D eigenvalue weighted by Gasteiger charge is 2.18. The number of nitrogens with one attached hydrogen (secondary N) is 1. The van der Waals surface area contributed by atoms with Crippen molar-refractivity contribution in [2.75, 3.05) is 13.1 Å². The Bertz CT molecular complexity index is 535. The van der Waals surface area contributed by atoms with E-state index >= 15 is 0 Å². The van der Waals surface area contributed by atoms with E-state index in [0.29, 0.717) is 0 Å². The summed E-state index contributed by atoms with van der Waals surface area (Å²) in [5, 5.41) is 7.34. The molecule has 1 saturated heterocycles. The number of benzene rings is 1. The van der Waals surface area contributed by atoms with Crippen LogP contribution in [-0.4, -0.2) is 13.1 Å². The third-order valence-electron chi connectivity index (χ3n) is 4.00. The molecule has 1 aromatic heterocycles. The van der Waals surface area contributed by atoms with Gasteiger partial charge >= 0.3 is 0 Å². The lowest BCUT2D eigenvalue weighted by molar-refractivity contribution is 0.463. The highest BCUT2D eigenvalue weighted by Crippen LogP contribution is 2.36. The lowest BCUT2D eigenvalue weighted by atomic mass is 9.89. The van der Waals surface area contributed by atoms with Gasteiger partial charge in [0, 0.05) is 4.70 Å². The predicted molar refractivity (Wildman–Crippen MR) is 76.1 cm³/mol. The van der Waals surface area contributed by atoms with Crippen LogP contribution in [-0.2, 0) is 0 Å². The Labute approximate surface area is 107 Å². The first kappa shape index (κ1) is 11.2. The molecule has 0 unspecified atom stereocenters. The van der Waals surface area contributed by atoms with Gasteiger partial charge in [0.15, 0.2) is 0 Å². The standard InChI is InChI=1S/C15H19NS/c1-10-7-13-14(12-3-5-16-6-4-12)9-17-15(13)8-11(10)2/h7-9,12,16H,3-6H2,1-2H3. The van der Waals surface area contributed by atoms with Gasteiger partial charge in [-0.15, -0.1) is 11.3 Å². The topological polar surface area (TPSA) is 12.0 Å². The average Bonchev–Trinajstić information content (AvgIpc) is 2.74. The molecule has 0 amide bonds. The Kier molecular flexibility index (Phi) is 2.93. The molecule has 3 rings (SSSR count). The van der Waals surface area contributed by atoms with E-state index in [2.05, 4.69) is 36.7 Å². The molecule has 0 saturated carbocycles. The first-order chi connectivity index (χ1) is 8.25. The van der Waals surface area contributed by atoms with Crippen LogP contribution in [0.2, 0.25) is 0 Å². The van der Waals surface area contributed by atoms with Crippen LogP contribution in [0, 0.1) is 13.8 Å². The van der Waals surface area contributed by atoms with E-state index in [4.69, 9.17) is 0 Å². The molecule has 0 bridgehead atoms. The van der Waals surface area contributed by atoms with E-state index in [9.17, 15) is 0 Å². The summed E-state index contributed by atoms with van der Waals surface area (Å²) in [6.07, 6.45) is 2.58. The van der Waals surface area contributed by atoms with Crippen LogP contribution in [0.5, 0.6) is 0 Å². The molecule has 1 fully saturated rings. The molecule has 1 nitrogen and oxygen atoms in total. The van der Waals surface area contributed by atoms with E-state index in [1.165, 1.54) is 47.1 Å². The van der Waals surface area contributed by atoms with E-state index in [0.717, 1.165) is 5.92 Å². The van der Waals surface area contributed by atoms with Gasteiger partial charge in [-0.2, -0.15) is 0 Å². The summed E-state index contributed by atoms with van der Waals surface area (Å²) in [5.74, 6) is 0.770. The van der Waals surface area contributed by atoms with Crippen molar-refractivity contribution in [1.29, 1.82) is 0 Å². The summed E-state index contributed by atoms with van der Waals surface area (Å²) in [7, 11) is 0. The second-order valence-electron chi connectivity index (χ2n) is 5.15. The van der Waals surface area contributed by atoms with Crippen molar-refractivity contribution in [3.8, 4) is 0 Å². The van der Waals surface area contributed by atoms with E-state index in [1.54, 1.807) is 5.56 Å². The maximum absolute atomic E-state index is 3.45. The largest absolute Gasteiger partial charge is 0.317 e. The molecule has 0 radical (unpaired) electrons. The normalized spacial score (nSPS) is 17.8. The van der Waals surface area contributed by atoms with Gasteiger partial charge in [-0.1, -0.05) is 6.07 Å². The molecule has 1 N–H and O–H groups in total. The monoisotopic (exact) mass is 245 g/mol. The Morgan fingerprint density at radius 3 is 2.59 bits per heavy atom. The van der Waals surface area contributed by atoms with Gasteiger partial charge in [-0.3, -0.25) is 0 Å². The van der Waals surface area contributed by atoms with Crippen LogP contribution < -0.4 is 5.32 Å². The van der Waals surface area contributed by atoms with Gasteiger partial charge in [0.25, 0.3) is 0 Å². The molecule has 2 heterocycles. The molecule has 1 aliphatic rings. The summed E-state index contributed by atoms with van der Waals surface area (Å²) in [4.78, 5) is 0. The van der Waals surface area contributed by atoms with Crippen molar-refractivity contribution < 1.29 is 0 Å². The van der Waals surface area contributed by atoms with Crippen molar-refractivity contribution in [3.63, 3.8) is 0 Å². The van der Waals surface area contributed by atoms with Crippen LogP contribution in [0.1, 0.15) is 35.4 Å². The fourth-order valence-corrected chi connectivity index (χ4v) is 3.87. The lowest BCUT2D eigenvalue weighted by Crippen LogP contribution is -2.26. The maximum atomic E-state index is 3.45. The Balaban J connectivity index is 2.07. The van der Waals surface area contributed by atoms with Crippen LogP contribution in [0.15, 0.2) is 17.5 Å². The summed E-state index contributed by atoms with van der Waals surface area (Å²) >= 11 is 1.91. The SMILES string of the molecule is Cc1cc2scc(C3CCNCC3)c2cc1C. The molecule has 1 aliphatic heterocycles. The van der Waals surface area contributed by atoms with Crippen molar-refractivity contribution in [2.45, 2.75) is 32.6 Å². The van der Waals surface area contributed by atoms with Gasteiger partial charge in [0.2, 0.25) is 0 Å². The number of fused-ring (bicyclic) bond motifs is 1. The van der Waals surface area contributed by atoms with Crippen molar-refractivity contribution >= 4 is 21.4 Å². The zero-order valence-electron chi connectivity index (χ0n) is 10.5. The first-order valence-electron chi connectivity index (χ1n) is 6.45. The maximum Gasteiger partial charge on any atom is 0.0348 e. The Hall–Kier alpha value is -0.860. The fourth-order valence-electron chi connectivity index (χ4n) is 2.75. The number of thiophene rings is 1.